The Morgan fingerprint density at radius 1 is 1.38 bits per heavy atom. The van der Waals surface area contributed by atoms with E-state index in [4.69, 9.17) is 11.6 Å². The van der Waals surface area contributed by atoms with Gasteiger partial charge in [0, 0.05) is 0 Å². The van der Waals surface area contributed by atoms with Gasteiger partial charge in [-0.05, 0) is 43.1 Å². The van der Waals surface area contributed by atoms with Crippen molar-refractivity contribution in [3.05, 3.63) is 34.6 Å². The molecule has 0 amide bonds. The Morgan fingerprint density at radius 3 is 2.69 bits per heavy atom. The second kappa shape index (κ2) is 6.87. The van der Waals surface area contributed by atoms with Crippen LogP contribution in [0, 0.1) is 11.7 Å². The molecule has 1 N–H and O–H groups in total. The lowest BCUT2D eigenvalue weighted by molar-refractivity contribution is 0.467. The van der Waals surface area contributed by atoms with Gasteiger partial charge >= 0.3 is 0 Å². The number of benzene rings is 1. The maximum atomic E-state index is 13.0. The number of rotatable bonds is 6. The summed E-state index contributed by atoms with van der Waals surface area (Å²) in [5.41, 5.74) is 1.11. The fraction of sp³-hybridized carbons (Fsp3) is 0.538. The molecular formula is C13H19ClFN. The van der Waals surface area contributed by atoms with Crippen LogP contribution in [-0.2, 0) is 6.42 Å². The van der Waals surface area contributed by atoms with Crippen LogP contribution in [0.25, 0.3) is 0 Å². The number of hydrogen-bond donors (Lipinski definition) is 1. The van der Waals surface area contributed by atoms with E-state index < -0.39 is 0 Å². The van der Waals surface area contributed by atoms with Gasteiger partial charge in [-0.1, -0.05) is 37.9 Å². The molecule has 0 bridgehead atoms. The van der Waals surface area contributed by atoms with Crippen LogP contribution in [0.5, 0.6) is 0 Å². The zero-order chi connectivity index (χ0) is 12.0. The van der Waals surface area contributed by atoms with Gasteiger partial charge in [-0.3, -0.25) is 0 Å². The van der Waals surface area contributed by atoms with E-state index in [9.17, 15) is 4.39 Å². The SMILES string of the molecule is CCNCC(CC)Cc1ccc(F)c(Cl)c1. The van der Waals surface area contributed by atoms with Crippen LogP contribution in [0.3, 0.4) is 0 Å². The van der Waals surface area contributed by atoms with Crippen LogP contribution < -0.4 is 5.32 Å². The molecule has 0 spiro atoms. The van der Waals surface area contributed by atoms with Gasteiger partial charge < -0.3 is 5.32 Å². The molecule has 0 fully saturated rings. The van der Waals surface area contributed by atoms with Crippen molar-refractivity contribution >= 4 is 11.6 Å². The van der Waals surface area contributed by atoms with Crippen molar-refractivity contribution in [2.24, 2.45) is 5.92 Å². The van der Waals surface area contributed by atoms with E-state index in [0.717, 1.165) is 31.5 Å². The van der Waals surface area contributed by atoms with Gasteiger partial charge in [0.25, 0.3) is 0 Å². The predicted molar refractivity (Wildman–Crippen MR) is 67.4 cm³/mol. The molecule has 1 aromatic carbocycles. The highest BCUT2D eigenvalue weighted by molar-refractivity contribution is 6.30. The molecule has 0 aromatic heterocycles. The second-order valence-corrected chi connectivity index (χ2v) is 4.44. The minimum Gasteiger partial charge on any atom is -0.317 e. The average molecular weight is 244 g/mol. The average Bonchev–Trinajstić information content (AvgIpc) is 2.29. The molecule has 3 heteroatoms. The van der Waals surface area contributed by atoms with Crippen molar-refractivity contribution in [1.82, 2.24) is 5.32 Å². The van der Waals surface area contributed by atoms with Crippen LogP contribution in [-0.4, -0.2) is 13.1 Å². The fourth-order valence-corrected chi connectivity index (χ4v) is 1.91. The van der Waals surface area contributed by atoms with Gasteiger partial charge in [-0.15, -0.1) is 0 Å². The smallest absolute Gasteiger partial charge is 0.141 e. The normalized spacial score (nSPS) is 12.8. The minimum atomic E-state index is -0.342. The molecule has 0 aliphatic rings. The Morgan fingerprint density at radius 2 is 2.12 bits per heavy atom. The van der Waals surface area contributed by atoms with Crippen LogP contribution >= 0.6 is 11.6 Å². The summed E-state index contributed by atoms with van der Waals surface area (Å²) in [5.74, 6) is 0.242. The molecule has 0 aliphatic heterocycles. The predicted octanol–water partition coefficient (Wildman–Crippen LogP) is 3.66. The second-order valence-electron chi connectivity index (χ2n) is 4.03. The molecule has 0 aliphatic carbocycles. The molecule has 1 nitrogen and oxygen atoms in total. The summed E-state index contributed by atoms with van der Waals surface area (Å²) in [6, 6.07) is 4.99. The number of hydrogen-bond acceptors (Lipinski definition) is 1. The molecular weight excluding hydrogens is 225 g/mol. The quantitative estimate of drug-likeness (QED) is 0.804. The molecule has 90 valence electrons. The summed E-state index contributed by atoms with van der Waals surface area (Å²) in [6.07, 6.45) is 2.06. The molecule has 0 saturated heterocycles. The van der Waals surface area contributed by atoms with Crippen molar-refractivity contribution < 1.29 is 4.39 Å². The summed E-state index contributed by atoms with van der Waals surface area (Å²) in [6.45, 7) is 6.26. The number of nitrogens with one attached hydrogen (secondary N) is 1. The Balaban J connectivity index is 2.59. The molecule has 1 atom stereocenters. The fourth-order valence-electron chi connectivity index (χ4n) is 1.71. The third-order valence-corrected chi connectivity index (χ3v) is 3.06. The van der Waals surface area contributed by atoms with E-state index in [1.54, 1.807) is 6.07 Å². The van der Waals surface area contributed by atoms with E-state index in [1.165, 1.54) is 6.07 Å². The van der Waals surface area contributed by atoms with Gasteiger partial charge in [0.05, 0.1) is 5.02 Å². The van der Waals surface area contributed by atoms with E-state index in [1.807, 2.05) is 6.07 Å². The van der Waals surface area contributed by atoms with Gasteiger partial charge in [0.2, 0.25) is 0 Å². The van der Waals surface area contributed by atoms with Crippen LogP contribution in [0.15, 0.2) is 18.2 Å². The molecule has 1 rings (SSSR count). The van der Waals surface area contributed by atoms with Crippen molar-refractivity contribution in [3.8, 4) is 0 Å². The van der Waals surface area contributed by atoms with Crippen molar-refractivity contribution in [1.29, 1.82) is 0 Å². The lowest BCUT2D eigenvalue weighted by Crippen LogP contribution is -2.23. The van der Waals surface area contributed by atoms with Crippen molar-refractivity contribution in [2.75, 3.05) is 13.1 Å². The summed E-state index contributed by atoms with van der Waals surface area (Å²) in [4.78, 5) is 0. The summed E-state index contributed by atoms with van der Waals surface area (Å²) in [5, 5.41) is 3.56. The van der Waals surface area contributed by atoms with Gasteiger partial charge in [-0.2, -0.15) is 0 Å². The lowest BCUT2D eigenvalue weighted by Gasteiger charge is -2.15. The van der Waals surface area contributed by atoms with Gasteiger partial charge in [0.1, 0.15) is 5.82 Å². The summed E-state index contributed by atoms with van der Waals surface area (Å²) >= 11 is 5.75. The third kappa shape index (κ3) is 4.11. The van der Waals surface area contributed by atoms with Crippen LogP contribution in [0.2, 0.25) is 5.02 Å². The maximum absolute atomic E-state index is 13.0. The standard InChI is InChI=1S/C13H19ClFN/c1-3-10(9-16-4-2)7-11-5-6-13(15)12(14)8-11/h5-6,8,10,16H,3-4,7,9H2,1-2H3. The summed E-state index contributed by atoms with van der Waals surface area (Å²) < 4.78 is 13.0. The van der Waals surface area contributed by atoms with Crippen molar-refractivity contribution in [3.63, 3.8) is 0 Å². The largest absolute Gasteiger partial charge is 0.317 e. The first-order chi connectivity index (χ1) is 7.67. The molecule has 1 aromatic rings. The van der Waals surface area contributed by atoms with Gasteiger partial charge in [-0.25, -0.2) is 4.39 Å². The Kier molecular flexibility index (Phi) is 5.78. The number of halogens is 2. The van der Waals surface area contributed by atoms with Crippen LogP contribution in [0.4, 0.5) is 4.39 Å². The first kappa shape index (κ1) is 13.5. The lowest BCUT2D eigenvalue weighted by atomic mass is 9.97. The maximum Gasteiger partial charge on any atom is 0.141 e. The highest BCUT2D eigenvalue weighted by Gasteiger charge is 2.08. The van der Waals surface area contributed by atoms with Crippen molar-refractivity contribution in [2.45, 2.75) is 26.7 Å². The zero-order valence-corrected chi connectivity index (χ0v) is 10.6. The van der Waals surface area contributed by atoms with Crippen LogP contribution in [0.1, 0.15) is 25.8 Å². The van der Waals surface area contributed by atoms with E-state index in [2.05, 4.69) is 19.2 Å². The first-order valence-electron chi connectivity index (χ1n) is 5.82. The minimum absolute atomic E-state index is 0.218. The highest BCUT2D eigenvalue weighted by atomic mass is 35.5. The summed E-state index contributed by atoms with van der Waals surface area (Å²) in [7, 11) is 0. The Labute approximate surface area is 102 Å². The topological polar surface area (TPSA) is 12.0 Å². The first-order valence-corrected chi connectivity index (χ1v) is 6.19. The van der Waals surface area contributed by atoms with E-state index >= 15 is 0 Å². The van der Waals surface area contributed by atoms with E-state index in [0.29, 0.717) is 5.92 Å². The van der Waals surface area contributed by atoms with Gasteiger partial charge in [0.15, 0.2) is 0 Å². The Hall–Kier alpha value is -0.600. The van der Waals surface area contributed by atoms with E-state index in [-0.39, 0.29) is 10.8 Å². The highest BCUT2D eigenvalue weighted by Crippen LogP contribution is 2.19. The molecule has 16 heavy (non-hydrogen) atoms. The molecule has 0 heterocycles. The third-order valence-electron chi connectivity index (χ3n) is 2.77. The monoisotopic (exact) mass is 243 g/mol. The Bertz CT molecular complexity index is 328. The molecule has 0 saturated carbocycles. The molecule has 1 unspecified atom stereocenters. The zero-order valence-electron chi connectivity index (χ0n) is 9.89. The molecule has 0 radical (unpaired) electrons.